The van der Waals surface area contributed by atoms with Gasteiger partial charge in [-0.2, -0.15) is 17.6 Å². The standard InChI is InChI=1S/C9H13F5OS/c1-2-7(15)16-6-4-9(13,14)8(11,12)3-5-10/h2-6H2,1H3. The van der Waals surface area contributed by atoms with Gasteiger partial charge in [-0.05, 0) is 0 Å². The van der Waals surface area contributed by atoms with Gasteiger partial charge in [-0.3, -0.25) is 9.18 Å². The van der Waals surface area contributed by atoms with Crippen LogP contribution in [0.3, 0.4) is 0 Å². The van der Waals surface area contributed by atoms with E-state index in [4.69, 9.17) is 0 Å². The maximum Gasteiger partial charge on any atom is 0.312 e. The molecule has 0 saturated carbocycles. The first-order valence-corrected chi connectivity index (χ1v) is 5.72. The highest BCUT2D eigenvalue weighted by molar-refractivity contribution is 8.13. The molecule has 0 aromatic carbocycles. The molecular formula is C9H13F5OS. The van der Waals surface area contributed by atoms with E-state index in [1.54, 1.807) is 6.92 Å². The Balaban J connectivity index is 4.18. The van der Waals surface area contributed by atoms with Crippen LogP contribution >= 0.6 is 11.8 Å². The molecule has 0 amide bonds. The number of carbonyl (C=O) groups is 1. The molecule has 0 aromatic rings. The van der Waals surface area contributed by atoms with Crippen molar-refractivity contribution in [1.82, 2.24) is 0 Å². The fraction of sp³-hybridized carbons (Fsp3) is 0.889. The molecule has 0 rings (SSSR count). The van der Waals surface area contributed by atoms with E-state index in [0.717, 1.165) is 0 Å². The lowest BCUT2D eigenvalue weighted by Crippen LogP contribution is -2.41. The van der Waals surface area contributed by atoms with Crippen molar-refractivity contribution in [2.24, 2.45) is 0 Å². The van der Waals surface area contributed by atoms with Crippen LogP contribution in [-0.4, -0.2) is 29.4 Å². The molecule has 7 heteroatoms. The minimum Gasteiger partial charge on any atom is -0.287 e. The number of alkyl halides is 5. The Kier molecular flexibility index (Phi) is 6.28. The molecule has 16 heavy (non-hydrogen) atoms. The molecule has 0 N–H and O–H groups in total. The Hall–Kier alpha value is -0.330. The lowest BCUT2D eigenvalue weighted by molar-refractivity contribution is -0.213. The molecular weight excluding hydrogens is 251 g/mol. The maximum atomic E-state index is 12.9. The van der Waals surface area contributed by atoms with E-state index in [1.807, 2.05) is 0 Å². The number of hydrogen-bond donors (Lipinski definition) is 0. The van der Waals surface area contributed by atoms with Crippen molar-refractivity contribution in [3.8, 4) is 0 Å². The van der Waals surface area contributed by atoms with Gasteiger partial charge in [-0.25, -0.2) is 0 Å². The summed E-state index contributed by atoms with van der Waals surface area (Å²) in [6.45, 7) is 0.0504. The first-order valence-electron chi connectivity index (χ1n) is 4.74. The van der Waals surface area contributed by atoms with Crippen molar-refractivity contribution in [2.45, 2.75) is 38.0 Å². The average molecular weight is 264 g/mol. The molecule has 1 nitrogen and oxygen atoms in total. The predicted octanol–water partition coefficient (Wildman–Crippen LogP) is 3.68. The quantitative estimate of drug-likeness (QED) is 0.652. The van der Waals surface area contributed by atoms with Gasteiger partial charge < -0.3 is 0 Å². The minimum atomic E-state index is -4.35. The highest BCUT2D eigenvalue weighted by atomic mass is 32.2. The van der Waals surface area contributed by atoms with Crippen molar-refractivity contribution < 1.29 is 26.7 Å². The van der Waals surface area contributed by atoms with Gasteiger partial charge in [-0.1, -0.05) is 18.7 Å². The summed E-state index contributed by atoms with van der Waals surface area (Å²) in [5.41, 5.74) is 0. The van der Waals surface area contributed by atoms with Crippen molar-refractivity contribution in [2.75, 3.05) is 12.4 Å². The molecule has 0 saturated heterocycles. The summed E-state index contributed by atoms with van der Waals surface area (Å²) in [4.78, 5) is 10.7. The molecule has 0 radical (unpaired) electrons. The van der Waals surface area contributed by atoms with Crippen LogP contribution in [0.2, 0.25) is 0 Å². The fourth-order valence-electron chi connectivity index (χ4n) is 0.880. The molecule has 0 aliphatic rings. The topological polar surface area (TPSA) is 17.1 Å². The van der Waals surface area contributed by atoms with E-state index in [2.05, 4.69) is 0 Å². The van der Waals surface area contributed by atoms with Crippen LogP contribution in [0, 0.1) is 0 Å². The van der Waals surface area contributed by atoms with E-state index in [-0.39, 0.29) is 17.3 Å². The SMILES string of the molecule is CCC(=O)SCCC(F)(F)C(F)(F)CCF. The normalized spacial score (nSPS) is 12.9. The van der Waals surface area contributed by atoms with E-state index in [0.29, 0.717) is 11.8 Å². The minimum absolute atomic E-state index is 0.164. The van der Waals surface area contributed by atoms with Gasteiger partial charge in [0, 0.05) is 25.0 Å². The number of halogens is 5. The van der Waals surface area contributed by atoms with Gasteiger partial charge >= 0.3 is 11.8 Å². The Morgan fingerprint density at radius 3 is 2.06 bits per heavy atom. The third-order valence-corrected chi connectivity index (χ3v) is 2.93. The molecule has 0 unspecified atom stereocenters. The largest absolute Gasteiger partial charge is 0.312 e. The monoisotopic (exact) mass is 264 g/mol. The van der Waals surface area contributed by atoms with Crippen molar-refractivity contribution >= 4 is 16.9 Å². The van der Waals surface area contributed by atoms with Gasteiger partial charge in [0.25, 0.3) is 0 Å². The third kappa shape index (κ3) is 4.67. The highest BCUT2D eigenvalue weighted by Crippen LogP contribution is 2.40. The zero-order valence-corrected chi connectivity index (χ0v) is 9.56. The fourth-order valence-corrected chi connectivity index (χ4v) is 1.67. The van der Waals surface area contributed by atoms with Crippen LogP contribution in [0.5, 0.6) is 0 Å². The molecule has 0 fully saturated rings. The zero-order chi connectivity index (χ0) is 12.8. The van der Waals surface area contributed by atoms with E-state index >= 15 is 0 Å². The van der Waals surface area contributed by atoms with E-state index < -0.39 is 31.4 Å². The number of carbonyl (C=O) groups excluding carboxylic acids is 1. The van der Waals surface area contributed by atoms with Crippen LogP contribution in [0.4, 0.5) is 22.0 Å². The second kappa shape index (κ2) is 6.42. The molecule has 96 valence electrons. The van der Waals surface area contributed by atoms with Crippen LogP contribution in [0.15, 0.2) is 0 Å². The smallest absolute Gasteiger partial charge is 0.287 e. The third-order valence-electron chi connectivity index (χ3n) is 1.91. The summed E-state index contributed by atoms with van der Waals surface area (Å²) in [5.74, 6) is -9.00. The average Bonchev–Trinajstić information content (AvgIpc) is 2.16. The van der Waals surface area contributed by atoms with Crippen LogP contribution in [-0.2, 0) is 4.79 Å². The second-order valence-corrected chi connectivity index (χ2v) is 4.32. The summed E-state index contributed by atoms with van der Waals surface area (Å²) < 4.78 is 62.9. The highest BCUT2D eigenvalue weighted by Gasteiger charge is 2.54. The number of thioether (sulfide) groups is 1. The molecule has 0 aromatic heterocycles. The van der Waals surface area contributed by atoms with Crippen molar-refractivity contribution in [3.05, 3.63) is 0 Å². The van der Waals surface area contributed by atoms with Gasteiger partial charge in [0.05, 0.1) is 6.67 Å². The van der Waals surface area contributed by atoms with Gasteiger partial charge in [0.1, 0.15) is 0 Å². The molecule has 0 spiro atoms. The predicted molar refractivity (Wildman–Crippen MR) is 52.9 cm³/mol. The van der Waals surface area contributed by atoms with Gasteiger partial charge in [0.2, 0.25) is 0 Å². The Labute approximate surface area is 94.8 Å². The maximum absolute atomic E-state index is 12.9. The van der Waals surface area contributed by atoms with E-state index in [1.165, 1.54) is 0 Å². The lowest BCUT2D eigenvalue weighted by Gasteiger charge is -2.25. The molecule has 0 atom stereocenters. The summed E-state index contributed by atoms with van der Waals surface area (Å²) >= 11 is 0.591. The molecule has 0 aliphatic heterocycles. The number of hydrogen-bond acceptors (Lipinski definition) is 2. The second-order valence-electron chi connectivity index (χ2n) is 3.17. The van der Waals surface area contributed by atoms with Gasteiger partial charge in [-0.15, -0.1) is 0 Å². The Bertz CT molecular complexity index is 232. The summed E-state index contributed by atoms with van der Waals surface area (Å²) in [7, 11) is 0. The van der Waals surface area contributed by atoms with E-state index in [9.17, 15) is 26.7 Å². The lowest BCUT2D eigenvalue weighted by atomic mass is 10.1. The van der Waals surface area contributed by atoms with Crippen LogP contribution < -0.4 is 0 Å². The summed E-state index contributed by atoms with van der Waals surface area (Å²) in [5, 5.41) is -0.329. The molecule has 0 bridgehead atoms. The van der Waals surface area contributed by atoms with Gasteiger partial charge in [0.15, 0.2) is 5.12 Å². The zero-order valence-electron chi connectivity index (χ0n) is 8.74. The van der Waals surface area contributed by atoms with Crippen molar-refractivity contribution in [1.29, 1.82) is 0 Å². The first kappa shape index (κ1) is 15.7. The Morgan fingerprint density at radius 2 is 1.62 bits per heavy atom. The first-order chi connectivity index (χ1) is 7.27. The Morgan fingerprint density at radius 1 is 1.12 bits per heavy atom. The van der Waals surface area contributed by atoms with Crippen molar-refractivity contribution in [3.63, 3.8) is 0 Å². The number of rotatable bonds is 7. The molecule has 0 aliphatic carbocycles. The summed E-state index contributed by atoms with van der Waals surface area (Å²) in [6, 6.07) is 0. The summed E-state index contributed by atoms with van der Waals surface area (Å²) in [6.07, 6.45) is -2.46. The van der Waals surface area contributed by atoms with Crippen LogP contribution in [0.25, 0.3) is 0 Å². The molecule has 0 heterocycles. The van der Waals surface area contributed by atoms with Crippen LogP contribution in [0.1, 0.15) is 26.2 Å².